The fraction of sp³-hybridized carbons (Fsp3) is 0.538. The SMILES string of the molecule is CNC1CCN(S(=O)(=O)c2ccc([N+](=O)[O-])cc2OC)CC1. The van der Waals surface area contributed by atoms with Crippen LogP contribution in [0.5, 0.6) is 5.75 Å². The molecule has 0 saturated carbocycles. The Morgan fingerprint density at radius 2 is 2.00 bits per heavy atom. The lowest BCUT2D eigenvalue weighted by Crippen LogP contribution is -2.43. The Morgan fingerprint density at radius 3 is 2.50 bits per heavy atom. The third kappa shape index (κ3) is 3.21. The zero-order chi connectivity index (χ0) is 16.3. The van der Waals surface area contributed by atoms with Crippen molar-refractivity contribution >= 4 is 15.7 Å². The molecule has 0 atom stereocenters. The number of piperidine rings is 1. The Labute approximate surface area is 129 Å². The van der Waals surface area contributed by atoms with Crippen LogP contribution in [-0.4, -0.2) is 50.9 Å². The minimum atomic E-state index is -3.72. The lowest BCUT2D eigenvalue weighted by Gasteiger charge is -2.31. The Hall–Kier alpha value is -1.71. The second-order valence-electron chi connectivity index (χ2n) is 5.06. The van der Waals surface area contributed by atoms with Crippen LogP contribution < -0.4 is 10.1 Å². The number of nitro groups is 1. The van der Waals surface area contributed by atoms with Crippen LogP contribution in [-0.2, 0) is 10.0 Å². The molecule has 2 rings (SSSR count). The average Bonchev–Trinajstić information content (AvgIpc) is 2.54. The molecule has 0 aromatic heterocycles. The minimum absolute atomic E-state index is 0.00931. The summed E-state index contributed by atoms with van der Waals surface area (Å²) in [7, 11) is -0.569. The average molecular weight is 329 g/mol. The third-order valence-corrected chi connectivity index (χ3v) is 5.78. The van der Waals surface area contributed by atoms with Crippen molar-refractivity contribution in [1.29, 1.82) is 0 Å². The highest BCUT2D eigenvalue weighted by atomic mass is 32.2. The van der Waals surface area contributed by atoms with Gasteiger partial charge < -0.3 is 10.1 Å². The maximum Gasteiger partial charge on any atom is 0.273 e. The van der Waals surface area contributed by atoms with E-state index in [0.717, 1.165) is 18.9 Å². The molecule has 1 aliphatic heterocycles. The molecule has 0 bridgehead atoms. The fourth-order valence-electron chi connectivity index (χ4n) is 2.51. The van der Waals surface area contributed by atoms with Crippen LogP contribution in [0.15, 0.2) is 23.1 Å². The smallest absolute Gasteiger partial charge is 0.273 e. The summed E-state index contributed by atoms with van der Waals surface area (Å²) in [5.41, 5.74) is -0.204. The van der Waals surface area contributed by atoms with Gasteiger partial charge in [-0.25, -0.2) is 8.42 Å². The maximum absolute atomic E-state index is 12.7. The van der Waals surface area contributed by atoms with Crippen molar-refractivity contribution in [3.63, 3.8) is 0 Å². The molecule has 1 aromatic carbocycles. The number of sulfonamides is 1. The molecule has 22 heavy (non-hydrogen) atoms. The van der Waals surface area contributed by atoms with Crippen LogP contribution in [0, 0.1) is 10.1 Å². The highest BCUT2D eigenvalue weighted by molar-refractivity contribution is 7.89. The molecule has 9 heteroatoms. The first-order valence-corrected chi connectivity index (χ1v) is 8.34. The number of rotatable bonds is 5. The maximum atomic E-state index is 12.7. The second-order valence-corrected chi connectivity index (χ2v) is 6.97. The normalized spacial score (nSPS) is 17.4. The summed E-state index contributed by atoms with van der Waals surface area (Å²) in [5.74, 6) is -0.00931. The molecule has 0 unspecified atom stereocenters. The molecule has 0 aliphatic carbocycles. The van der Waals surface area contributed by atoms with Gasteiger partial charge in [0.15, 0.2) is 0 Å². The van der Waals surface area contributed by atoms with Gasteiger partial charge >= 0.3 is 0 Å². The van der Waals surface area contributed by atoms with E-state index in [1.165, 1.54) is 23.5 Å². The molecule has 0 amide bonds. The second kappa shape index (κ2) is 6.59. The van der Waals surface area contributed by atoms with Crippen LogP contribution in [0.3, 0.4) is 0 Å². The topological polar surface area (TPSA) is 102 Å². The fourth-order valence-corrected chi connectivity index (χ4v) is 4.11. The van der Waals surface area contributed by atoms with E-state index >= 15 is 0 Å². The van der Waals surface area contributed by atoms with Gasteiger partial charge in [-0.1, -0.05) is 0 Å². The predicted molar refractivity (Wildman–Crippen MR) is 80.5 cm³/mol. The molecule has 1 N–H and O–H groups in total. The van der Waals surface area contributed by atoms with Crippen molar-refractivity contribution in [2.24, 2.45) is 0 Å². The van der Waals surface area contributed by atoms with E-state index < -0.39 is 14.9 Å². The summed E-state index contributed by atoms with van der Waals surface area (Å²) >= 11 is 0. The number of nitro benzene ring substituents is 1. The number of methoxy groups -OCH3 is 1. The first-order chi connectivity index (χ1) is 10.4. The van der Waals surface area contributed by atoms with Crippen molar-refractivity contribution in [2.75, 3.05) is 27.2 Å². The Balaban J connectivity index is 2.31. The first kappa shape index (κ1) is 16.7. The summed E-state index contributed by atoms with van der Waals surface area (Å²) in [6.07, 6.45) is 1.45. The molecule has 1 fully saturated rings. The van der Waals surface area contributed by atoms with Crippen molar-refractivity contribution in [3.8, 4) is 5.75 Å². The number of nitrogens with one attached hydrogen (secondary N) is 1. The first-order valence-electron chi connectivity index (χ1n) is 6.90. The molecule has 0 radical (unpaired) electrons. The number of hydrogen-bond donors (Lipinski definition) is 1. The monoisotopic (exact) mass is 329 g/mol. The highest BCUT2D eigenvalue weighted by Crippen LogP contribution is 2.31. The quantitative estimate of drug-likeness (QED) is 0.638. The molecule has 1 saturated heterocycles. The van der Waals surface area contributed by atoms with Crippen molar-refractivity contribution < 1.29 is 18.1 Å². The highest BCUT2D eigenvalue weighted by Gasteiger charge is 2.31. The van der Waals surface area contributed by atoms with Gasteiger partial charge in [0.2, 0.25) is 10.0 Å². The largest absolute Gasteiger partial charge is 0.495 e. The van der Waals surface area contributed by atoms with Gasteiger partial charge in [-0.3, -0.25) is 10.1 Å². The van der Waals surface area contributed by atoms with Gasteiger partial charge in [0.25, 0.3) is 5.69 Å². The number of nitrogens with zero attached hydrogens (tertiary/aromatic N) is 2. The summed E-state index contributed by atoms with van der Waals surface area (Å²) < 4.78 is 31.8. The van der Waals surface area contributed by atoms with Crippen LogP contribution >= 0.6 is 0 Å². The van der Waals surface area contributed by atoms with Gasteiger partial charge in [0.1, 0.15) is 10.6 Å². The summed E-state index contributed by atoms with van der Waals surface area (Å²) in [6.45, 7) is 0.821. The number of non-ortho nitro benzene ring substituents is 1. The number of ether oxygens (including phenoxy) is 1. The van der Waals surface area contributed by atoms with Gasteiger partial charge in [-0.05, 0) is 26.0 Å². The van der Waals surface area contributed by atoms with E-state index in [2.05, 4.69) is 5.32 Å². The molecule has 0 spiro atoms. The number of hydrogen-bond acceptors (Lipinski definition) is 6. The van der Waals surface area contributed by atoms with Crippen molar-refractivity contribution in [1.82, 2.24) is 9.62 Å². The molecule has 1 heterocycles. The van der Waals surface area contributed by atoms with Gasteiger partial charge in [-0.2, -0.15) is 4.31 Å². The van der Waals surface area contributed by atoms with Crippen LogP contribution in [0.4, 0.5) is 5.69 Å². The third-order valence-electron chi connectivity index (χ3n) is 3.84. The summed E-state index contributed by atoms with van der Waals surface area (Å²) in [6, 6.07) is 3.85. The summed E-state index contributed by atoms with van der Waals surface area (Å²) in [4.78, 5) is 10.2. The molecular weight excluding hydrogens is 310 g/mol. The van der Waals surface area contributed by atoms with Crippen molar-refractivity contribution in [2.45, 2.75) is 23.8 Å². The lowest BCUT2D eigenvalue weighted by atomic mass is 10.1. The van der Waals surface area contributed by atoms with E-state index in [-0.39, 0.29) is 16.3 Å². The molecule has 8 nitrogen and oxygen atoms in total. The zero-order valence-corrected chi connectivity index (χ0v) is 13.3. The standard InChI is InChI=1S/C13H19N3O5S/c1-14-10-5-7-15(8-6-10)22(19,20)13-4-3-11(16(17)18)9-12(13)21-2/h3-4,9-10,14H,5-8H2,1-2H3. The van der Waals surface area contributed by atoms with Crippen LogP contribution in [0.25, 0.3) is 0 Å². The van der Waals surface area contributed by atoms with E-state index in [9.17, 15) is 18.5 Å². The Bertz CT molecular complexity index is 654. The van der Waals surface area contributed by atoms with E-state index in [0.29, 0.717) is 19.1 Å². The predicted octanol–water partition coefficient (Wildman–Crippen LogP) is 0.976. The van der Waals surface area contributed by atoms with Gasteiger partial charge in [0, 0.05) is 25.2 Å². The van der Waals surface area contributed by atoms with Gasteiger partial charge in [0.05, 0.1) is 18.1 Å². The van der Waals surface area contributed by atoms with E-state index in [1.54, 1.807) is 0 Å². The van der Waals surface area contributed by atoms with E-state index in [1.807, 2.05) is 7.05 Å². The Kier molecular flexibility index (Phi) is 4.99. The van der Waals surface area contributed by atoms with E-state index in [4.69, 9.17) is 4.74 Å². The summed E-state index contributed by atoms with van der Waals surface area (Å²) in [5, 5.41) is 13.9. The zero-order valence-electron chi connectivity index (χ0n) is 12.5. The van der Waals surface area contributed by atoms with Gasteiger partial charge in [-0.15, -0.1) is 0 Å². The van der Waals surface area contributed by atoms with Crippen LogP contribution in [0.1, 0.15) is 12.8 Å². The lowest BCUT2D eigenvalue weighted by molar-refractivity contribution is -0.385. The minimum Gasteiger partial charge on any atom is -0.495 e. The molecule has 122 valence electrons. The molecule has 1 aliphatic rings. The molecular formula is C13H19N3O5S. The van der Waals surface area contributed by atoms with Crippen LogP contribution in [0.2, 0.25) is 0 Å². The van der Waals surface area contributed by atoms with Crippen molar-refractivity contribution in [3.05, 3.63) is 28.3 Å². The molecule has 1 aromatic rings. The number of benzene rings is 1. The Morgan fingerprint density at radius 1 is 1.36 bits per heavy atom.